The predicted octanol–water partition coefficient (Wildman–Crippen LogP) is 3.83. The van der Waals surface area contributed by atoms with Gasteiger partial charge in [0.1, 0.15) is 0 Å². The summed E-state index contributed by atoms with van der Waals surface area (Å²) < 4.78 is 0. The zero-order valence-corrected chi connectivity index (χ0v) is 10.4. The molecular weight excluding hydrogens is 214 g/mol. The molecule has 16 heavy (non-hydrogen) atoms. The first-order chi connectivity index (χ1) is 7.85. The summed E-state index contributed by atoms with van der Waals surface area (Å²) in [5, 5.41) is 2.11. The number of aryl methyl sites for hydroxylation is 1. The average molecular weight is 231 g/mol. The lowest BCUT2D eigenvalue weighted by molar-refractivity contribution is 0.922. The topological polar surface area (TPSA) is 26.0 Å². The summed E-state index contributed by atoms with van der Waals surface area (Å²) in [6, 6.07) is 11.0. The van der Waals surface area contributed by atoms with Crippen LogP contribution in [0, 0.1) is 0 Å². The van der Waals surface area contributed by atoms with Crippen LogP contribution in [0.5, 0.6) is 0 Å². The fourth-order valence-electron chi connectivity index (χ4n) is 1.90. The molecular formula is C14H17NS. The lowest BCUT2D eigenvalue weighted by Gasteiger charge is -2.04. The monoisotopic (exact) mass is 231 g/mol. The average Bonchev–Trinajstić information content (AvgIpc) is 2.78. The van der Waals surface area contributed by atoms with Gasteiger partial charge in [-0.05, 0) is 34.6 Å². The van der Waals surface area contributed by atoms with Crippen LogP contribution in [0.4, 0.5) is 0 Å². The van der Waals surface area contributed by atoms with E-state index in [2.05, 4.69) is 42.6 Å². The Kier molecular flexibility index (Phi) is 3.75. The fraction of sp³-hybridized carbons (Fsp3) is 0.286. The number of thiophene rings is 1. The van der Waals surface area contributed by atoms with Gasteiger partial charge >= 0.3 is 0 Å². The van der Waals surface area contributed by atoms with Gasteiger partial charge in [-0.2, -0.15) is 0 Å². The minimum atomic E-state index is 0.629. The second kappa shape index (κ2) is 5.28. The number of hydrogen-bond donors (Lipinski definition) is 1. The minimum absolute atomic E-state index is 0.629. The Morgan fingerprint density at radius 3 is 2.50 bits per heavy atom. The first-order valence-electron chi connectivity index (χ1n) is 5.71. The van der Waals surface area contributed by atoms with Crippen LogP contribution in [-0.2, 0) is 13.0 Å². The summed E-state index contributed by atoms with van der Waals surface area (Å²) in [6.07, 6.45) is 2.36. The molecule has 0 atom stereocenters. The zero-order valence-electron chi connectivity index (χ0n) is 9.57. The maximum absolute atomic E-state index is 5.72. The van der Waals surface area contributed by atoms with Gasteiger partial charge in [-0.1, -0.05) is 37.6 Å². The Bertz CT molecular complexity index is 442. The summed E-state index contributed by atoms with van der Waals surface area (Å²) in [5.74, 6) is 0. The Balaban J connectivity index is 2.27. The largest absolute Gasteiger partial charge is 0.326 e. The fourth-order valence-corrected chi connectivity index (χ4v) is 2.67. The molecule has 0 aliphatic rings. The van der Waals surface area contributed by atoms with E-state index < -0.39 is 0 Å². The van der Waals surface area contributed by atoms with Crippen LogP contribution in [0.25, 0.3) is 11.1 Å². The molecule has 1 aromatic heterocycles. The van der Waals surface area contributed by atoms with E-state index in [4.69, 9.17) is 5.73 Å². The van der Waals surface area contributed by atoms with Gasteiger partial charge in [-0.3, -0.25) is 0 Å². The van der Waals surface area contributed by atoms with Gasteiger partial charge in [-0.15, -0.1) is 11.3 Å². The molecule has 0 saturated heterocycles. The summed E-state index contributed by atoms with van der Waals surface area (Å²) >= 11 is 1.73. The van der Waals surface area contributed by atoms with Crippen LogP contribution >= 0.6 is 11.3 Å². The highest BCUT2D eigenvalue weighted by Gasteiger charge is 2.04. The lowest BCUT2D eigenvalue weighted by Crippen LogP contribution is -1.94. The van der Waals surface area contributed by atoms with Crippen LogP contribution in [0.3, 0.4) is 0 Å². The van der Waals surface area contributed by atoms with Crippen molar-refractivity contribution in [1.29, 1.82) is 0 Å². The van der Waals surface area contributed by atoms with E-state index in [-0.39, 0.29) is 0 Å². The van der Waals surface area contributed by atoms with E-state index in [0.717, 1.165) is 6.42 Å². The molecule has 2 aromatic rings. The maximum atomic E-state index is 5.72. The van der Waals surface area contributed by atoms with Crippen molar-refractivity contribution >= 4 is 11.3 Å². The third-order valence-corrected chi connectivity index (χ3v) is 3.68. The van der Waals surface area contributed by atoms with Gasteiger partial charge < -0.3 is 5.73 Å². The van der Waals surface area contributed by atoms with Crippen molar-refractivity contribution < 1.29 is 0 Å². The van der Waals surface area contributed by atoms with Gasteiger partial charge in [0.05, 0.1) is 0 Å². The quantitative estimate of drug-likeness (QED) is 0.850. The molecule has 0 unspecified atom stereocenters. The van der Waals surface area contributed by atoms with Gasteiger partial charge in [0.2, 0.25) is 0 Å². The van der Waals surface area contributed by atoms with E-state index in [0.29, 0.717) is 6.54 Å². The molecule has 1 heterocycles. The molecule has 0 radical (unpaired) electrons. The van der Waals surface area contributed by atoms with Gasteiger partial charge in [-0.25, -0.2) is 0 Å². The molecule has 0 bridgehead atoms. The molecule has 2 heteroatoms. The maximum Gasteiger partial charge on any atom is 0.0280 e. The van der Waals surface area contributed by atoms with Crippen LogP contribution in [0.2, 0.25) is 0 Å². The van der Waals surface area contributed by atoms with Crippen molar-refractivity contribution in [2.75, 3.05) is 0 Å². The molecule has 1 aromatic carbocycles. The SMILES string of the molecule is CCCc1ccc(-c2ccsc2CN)cc1. The predicted molar refractivity (Wildman–Crippen MR) is 71.6 cm³/mol. The van der Waals surface area contributed by atoms with Crippen molar-refractivity contribution in [1.82, 2.24) is 0 Å². The summed E-state index contributed by atoms with van der Waals surface area (Å²) in [5.41, 5.74) is 9.70. The van der Waals surface area contributed by atoms with Crippen LogP contribution in [-0.4, -0.2) is 0 Å². The highest BCUT2D eigenvalue weighted by molar-refractivity contribution is 7.10. The zero-order chi connectivity index (χ0) is 11.4. The first kappa shape index (κ1) is 11.4. The minimum Gasteiger partial charge on any atom is -0.326 e. The van der Waals surface area contributed by atoms with Crippen molar-refractivity contribution in [3.05, 3.63) is 46.2 Å². The summed E-state index contributed by atoms with van der Waals surface area (Å²) in [7, 11) is 0. The molecule has 0 spiro atoms. The number of nitrogens with two attached hydrogens (primary N) is 1. The Labute approximate surface area is 101 Å². The summed E-state index contributed by atoms with van der Waals surface area (Å²) in [6.45, 7) is 2.84. The molecule has 0 fully saturated rings. The molecule has 0 amide bonds. The Morgan fingerprint density at radius 1 is 1.12 bits per heavy atom. The van der Waals surface area contributed by atoms with Gasteiger partial charge in [0.15, 0.2) is 0 Å². The van der Waals surface area contributed by atoms with Crippen molar-refractivity contribution in [3.8, 4) is 11.1 Å². The highest BCUT2D eigenvalue weighted by atomic mass is 32.1. The second-order valence-corrected chi connectivity index (χ2v) is 4.91. The molecule has 0 saturated carbocycles. The lowest BCUT2D eigenvalue weighted by atomic mass is 10.0. The van der Waals surface area contributed by atoms with E-state index in [1.165, 1.54) is 28.0 Å². The van der Waals surface area contributed by atoms with E-state index in [1.54, 1.807) is 11.3 Å². The van der Waals surface area contributed by atoms with Crippen molar-refractivity contribution in [2.24, 2.45) is 5.73 Å². The summed E-state index contributed by atoms with van der Waals surface area (Å²) in [4.78, 5) is 1.27. The Hall–Kier alpha value is -1.12. The van der Waals surface area contributed by atoms with Crippen LogP contribution < -0.4 is 5.73 Å². The van der Waals surface area contributed by atoms with Crippen molar-refractivity contribution in [2.45, 2.75) is 26.3 Å². The van der Waals surface area contributed by atoms with E-state index in [1.807, 2.05) is 0 Å². The standard InChI is InChI=1S/C14H17NS/c1-2-3-11-4-6-12(7-5-11)13-8-9-16-14(13)10-15/h4-9H,2-3,10,15H2,1H3. The molecule has 84 valence electrons. The van der Waals surface area contributed by atoms with Crippen LogP contribution in [0.15, 0.2) is 35.7 Å². The molecule has 2 rings (SSSR count). The molecule has 0 aliphatic carbocycles. The van der Waals surface area contributed by atoms with E-state index in [9.17, 15) is 0 Å². The second-order valence-electron chi connectivity index (χ2n) is 3.91. The number of rotatable bonds is 4. The third-order valence-electron chi connectivity index (χ3n) is 2.73. The number of hydrogen-bond acceptors (Lipinski definition) is 2. The van der Waals surface area contributed by atoms with Gasteiger partial charge in [0, 0.05) is 11.4 Å². The normalized spacial score (nSPS) is 10.6. The first-order valence-corrected chi connectivity index (χ1v) is 6.59. The van der Waals surface area contributed by atoms with Crippen molar-refractivity contribution in [3.63, 3.8) is 0 Å². The van der Waals surface area contributed by atoms with Gasteiger partial charge in [0.25, 0.3) is 0 Å². The molecule has 0 aliphatic heterocycles. The molecule has 2 N–H and O–H groups in total. The number of benzene rings is 1. The van der Waals surface area contributed by atoms with E-state index >= 15 is 0 Å². The molecule has 1 nitrogen and oxygen atoms in total. The highest BCUT2D eigenvalue weighted by Crippen LogP contribution is 2.28. The third kappa shape index (κ3) is 2.34. The van der Waals surface area contributed by atoms with Crippen LogP contribution in [0.1, 0.15) is 23.8 Å². The smallest absolute Gasteiger partial charge is 0.0280 e. The Morgan fingerprint density at radius 2 is 1.88 bits per heavy atom.